The van der Waals surface area contributed by atoms with Gasteiger partial charge in [-0.05, 0) is 5.92 Å². The number of hydrogen-bond acceptors (Lipinski definition) is 8. The summed E-state index contributed by atoms with van der Waals surface area (Å²) in [4.78, 5) is 33.8. The topological polar surface area (TPSA) is 151 Å². The van der Waals surface area contributed by atoms with E-state index in [4.69, 9.17) is 32.5 Å². The van der Waals surface area contributed by atoms with Gasteiger partial charge in [0, 0.05) is 0 Å². The van der Waals surface area contributed by atoms with Crippen molar-refractivity contribution < 1.29 is 14.3 Å². The molecule has 11 heteroatoms. The number of nitrogens with zero attached hydrogens (tertiary/aromatic N) is 3. The first-order valence-corrected chi connectivity index (χ1v) is 8.17. The number of carbonyl (C=O) groups excluding carboxylic acids is 1. The Labute approximate surface area is 148 Å². The van der Waals surface area contributed by atoms with E-state index in [1.807, 2.05) is 13.8 Å². The molecule has 0 fully saturated rings. The fourth-order valence-electron chi connectivity index (χ4n) is 1.93. The summed E-state index contributed by atoms with van der Waals surface area (Å²) in [6.45, 7) is 3.63. The number of anilines is 1. The van der Waals surface area contributed by atoms with E-state index in [1.54, 1.807) is 0 Å². The Morgan fingerprint density at radius 2 is 2.20 bits per heavy atom. The number of fused-ring (bicyclic) bond motifs is 1. The number of esters is 1. The number of alkyl halides is 1. The van der Waals surface area contributed by atoms with Crippen LogP contribution < -0.4 is 17.0 Å². The van der Waals surface area contributed by atoms with Crippen molar-refractivity contribution >= 4 is 34.7 Å². The van der Waals surface area contributed by atoms with Crippen LogP contribution in [0.15, 0.2) is 11.1 Å². The molecular weight excluding hydrogens is 352 g/mol. The average molecular weight is 373 g/mol. The van der Waals surface area contributed by atoms with Crippen molar-refractivity contribution in [2.45, 2.75) is 32.7 Å². The van der Waals surface area contributed by atoms with E-state index in [-0.39, 0.29) is 42.2 Å². The number of halogens is 1. The minimum atomic E-state index is -0.701. The Morgan fingerprint density at radius 3 is 2.84 bits per heavy atom. The van der Waals surface area contributed by atoms with Crippen LogP contribution in [-0.2, 0) is 21.0 Å². The highest BCUT2D eigenvalue weighted by molar-refractivity contribution is 6.18. The quantitative estimate of drug-likeness (QED) is 0.426. The van der Waals surface area contributed by atoms with Crippen molar-refractivity contribution in [2.75, 3.05) is 18.2 Å². The van der Waals surface area contributed by atoms with E-state index < -0.39 is 23.7 Å². The molecule has 0 aliphatic heterocycles. The summed E-state index contributed by atoms with van der Waals surface area (Å²) >= 11 is 5.84. The second-order valence-corrected chi connectivity index (χ2v) is 6.12. The van der Waals surface area contributed by atoms with Gasteiger partial charge in [-0.2, -0.15) is 4.98 Å². The second kappa shape index (κ2) is 8.28. The smallest absolute Gasteiger partial charge is 0.323 e. The van der Waals surface area contributed by atoms with Gasteiger partial charge in [0.2, 0.25) is 5.95 Å². The van der Waals surface area contributed by atoms with Gasteiger partial charge in [-0.1, -0.05) is 13.8 Å². The molecule has 2 aromatic heterocycles. The summed E-state index contributed by atoms with van der Waals surface area (Å²) < 4.78 is 12.2. The molecule has 5 N–H and O–H groups in total. The Morgan fingerprint density at radius 1 is 1.48 bits per heavy atom. The van der Waals surface area contributed by atoms with E-state index in [0.717, 1.165) is 0 Å². The summed E-state index contributed by atoms with van der Waals surface area (Å²) in [5.41, 5.74) is 11.2. The summed E-state index contributed by atoms with van der Waals surface area (Å²) in [5, 5.41) is 0. The second-order valence-electron chi connectivity index (χ2n) is 5.81. The molecule has 1 unspecified atom stereocenters. The first-order chi connectivity index (χ1) is 11.8. The van der Waals surface area contributed by atoms with Crippen LogP contribution in [0.1, 0.15) is 13.8 Å². The van der Waals surface area contributed by atoms with Gasteiger partial charge in [-0.15, -0.1) is 11.6 Å². The first kappa shape index (κ1) is 19.2. The predicted octanol–water partition coefficient (Wildman–Crippen LogP) is -0.190. The number of rotatable bonds is 8. The average Bonchev–Trinajstić information content (AvgIpc) is 2.97. The van der Waals surface area contributed by atoms with Gasteiger partial charge in [0.25, 0.3) is 5.56 Å². The van der Waals surface area contributed by atoms with Gasteiger partial charge < -0.3 is 20.9 Å². The fourth-order valence-corrected chi connectivity index (χ4v) is 2.11. The van der Waals surface area contributed by atoms with E-state index in [2.05, 4.69) is 15.0 Å². The normalized spacial score (nSPS) is 14.0. The predicted molar refractivity (Wildman–Crippen MR) is 91.9 cm³/mol. The van der Waals surface area contributed by atoms with Gasteiger partial charge in [-0.3, -0.25) is 19.1 Å². The van der Waals surface area contributed by atoms with Crippen molar-refractivity contribution in [1.29, 1.82) is 0 Å². The fraction of sp³-hybridized carbons (Fsp3) is 0.571. The molecule has 0 aliphatic rings. The minimum Gasteiger partial charge on any atom is -0.462 e. The molecule has 25 heavy (non-hydrogen) atoms. The lowest BCUT2D eigenvalue weighted by molar-refractivity contribution is -0.150. The van der Waals surface area contributed by atoms with Crippen molar-refractivity contribution in [2.24, 2.45) is 11.7 Å². The molecule has 0 aliphatic carbocycles. The summed E-state index contributed by atoms with van der Waals surface area (Å²) in [6.07, 6.45) is 0.847. The minimum absolute atomic E-state index is 0.0115. The highest BCUT2D eigenvalue weighted by Crippen LogP contribution is 2.09. The number of nitrogen functional groups attached to an aromatic ring is 1. The van der Waals surface area contributed by atoms with Crippen molar-refractivity contribution in [3.63, 3.8) is 0 Å². The molecule has 0 saturated carbocycles. The molecule has 0 radical (unpaired) electrons. The van der Waals surface area contributed by atoms with Gasteiger partial charge >= 0.3 is 5.97 Å². The van der Waals surface area contributed by atoms with Crippen LogP contribution in [0, 0.1) is 5.92 Å². The molecule has 0 bridgehead atoms. The number of H-pyrrole nitrogens is 1. The zero-order valence-corrected chi connectivity index (χ0v) is 14.7. The van der Waals surface area contributed by atoms with Gasteiger partial charge in [-0.25, -0.2) is 4.98 Å². The number of ether oxygens (including phenoxy) is 2. The van der Waals surface area contributed by atoms with Crippen LogP contribution in [0.3, 0.4) is 0 Å². The summed E-state index contributed by atoms with van der Waals surface area (Å²) in [6, 6.07) is -0.701. The van der Waals surface area contributed by atoms with Crippen molar-refractivity contribution in [1.82, 2.24) is 19.5 Å². The third-order valence-corrected chi connectivity index (χ3v) is 3.86. The van der Waals surface area contributed by atoms with E-state index in [1.165, 1.54) is 10.9 Å². The first-order valence-electron chi connectivity index (χ1n) is 7.63. The SMILES string of the molecule is CC(C)[C@H](N)C(=O)OCC(CCl)OCn1cnc2c(=O)[nH]c(N)nc21. The molecule has 2 aromatic rings. The molecule has 10 nitrogen and oxygen atoms in total. The van der Waals surface area contributed by atoms with Crippen LogP contribution in [0.25, 0.3) is 11.2 Å². The number of aromatic amines is 1. The van der Waals surface area contributed by atoms with Crippen LogP contribution >= 0.6 is 11.6 Å². The third-order valence-electron chi connectivity index (χ3n) is 3.52. The highest BCUT2D eigenvalue weighted by Gasteiger charge is 2.21. The van der Waals surface area contributed by atoms with Crippen LogP contribution in [0.2, 0.25) is 0 Å². The van der Waals surface area contributed by atoms with Crippen LogP contribution in [0.4, 0.5) is 5.95 Å². The monoisotopic (exact) mass is 372 g/mol. The van der Waals surface area contributed by atoms with Gasteiger partial charge in [0.15, 0.2) is 11.2 Å². The number of imidazole rings is 1. The number of carbonyl (C=O) groups is 1. The third kappa shape index (κ3) is 4.68. The molecule has 138 valence electrons. The molecule has 0 aromatic carbocycles. The summed E-state index contributed by atoms with van der Waals surface area (Å²) in [5.74, 6) is -0.463. The molecular formula is C14H21ClN6O4. The van der Waals surface area contributed by atoms with Crippen molar-refractivity contribution in [3.8, 4) is 0 Å². The van der Waals surface area contributed by atoms with E-state index in [9.17, 15) is 9.59 Å². The Hall–Kier alpha value is -2.17. The standard InChI is InChI=1S/C14H21ClN6O4/c1-7(2)9(16)13(23)24-4-8(3-15)25-6-21-5-18-10-11(21)19-14(17)20-12(10)22/h5,7-9H,3-4,6,16H2,1-2H3,(H3,17,19,20,22)/t8?,9-/m0/s1. The lowest BCUT2D eigenvalue weighted by atomic mass is 10.1. The van der Waals surface area contributed by atoms with E-state index >= 15 is 0 Å². The molecule has 0 saturated heterocycles. The highest BCUT2D eigenvalue weighted by atomic mass is 35.5. The Bertz CT molecular complexity index is 789. The number of aromatic nitrogens is 4. The Kier molecular flexibility index (Phi) is 6.34. The lowest BCUT2D eigenvalue weighted by Crippen LogP contribution is -2.38. The maximum atomic E-state index is 11.8. The molecule has 2 rings (SSSR count). The lowest BCUT2D eigenvalue weighted by Gasteiger charge is -2.19. The van der Waals surface area contributed by atoms with Crippen LogP contribution in [0.5, 0.6) is 0 Å². The number of hydrogen-bond donors (Lipinski definition) is 3. The molecule has 0 amide bonds. The zero-order valence-electron chi connectivity index (χ0n) is 13.9. The van der Waals surface area contributed by atoms with Gasteiger partial charge in [0.1, 0.15) is 25.5 Å². The maximum Gasteiger partial charge on any atom is 0.323 e. The molecule has 2 heterocycles. The number of nitrogens with two attached hydrogens (primary N) is 2. The van der Waals surface area contributed by atoms with Crippen LogP contribution in [-0.4, -0.2) is 50.1 Å². The zero-order chi connectivity index (χ0) is 18.6. The van der Waals surface area contributed by atoms with Gasteiger partial charge in [0.05, 0.1) is 12.2 Å². The largest absolute Gasteiger partial charge is 0.462 e. The molecule has 2 atom stereocenters. The van der Waals surface area contributed by atoms with E-state index in [0.29, 0.717) is 0 Å². The number of nitrogens with one attached hydrogen (secondary N) is 1. The maximum absolute atomic E-state index is 11.8. The molecule has 0 spiro atoms. The summed E-state index contributed by atoms with van der Waals surface area (Å²) in [7, 11) is 0. The van der Waals surface area contributed by atoms with Crippen molar-refractivity contribution in [3.05, 3.63) is 16.7 Å². The Balaban J connectivity index is 1.97.